The molecule has 0 radical (unpaired) electrons. The first-order valence-corrected chi connectivity index (χ1v) is 6.33. The molecule has 0 aliphatic heterocycles. The summed E-state index contributed by atoms with van der Waals surface area (Å²) in [6, 6.07) is 13.9. The summed E-state index contributed by atoms with van der Waals surface area (Å²) in [7, 11) is 0. The molecule has 2 aromatic rings. The Kier molecular flexibility index (Phi) is 4.36. The lowest BCUT2D eigenvalue weighted by Crippen LogP contribution is -2.27. The number of nitrogen functional groups attached to an aromatic ring is 1. The number of pyridine rings is 1. The Balaban J connectivity index is 2.21. The Morgan fingerprint density at radius 2 is 1.89 bits per heavy atom. The summed E-state index contributed by atoms with van der Waals surface area (Å²) in [6.45, 7) is 3.25. The smallest absolute Gasteiger partial charge is 0.129 e. The van der Waals surface area contributed by atoms with E-state index in [9.17, 15) is 5.11 Å². The number of aliphatic hydroxyl groups is 1. The minimum Gasteiger partial charge on any atom is -0.397 e. The van der Waals surface area contributed by atoms with Crippen LogP contribution < -0.4 is 10.6 Å². The van der Waals surface area contributed by atoms with Crippen LogP contribution in [0, 0.1) is 6.92 Å². The van der Waals surface area contributed by atoms with Gasteiger partial charge < -0.3 is 15.7 Å². The van der Waals surface area contributed by atoms with Crippen LogP contribution in [0.2, 0.25) is 0 Å². The maximum absolute atomic E-state index is 9.21. The van der Waals surface area contributed by atoms with Crippen molar-refractivity contribution in [1.29, 1.82) is 0 Å². The standard InChI is InChI=1S/C15H19N3O/c1-12-14(16)7-8-15(17-12)18(9-10-19)11-13-5-3-2-4-6-13/h2-8,19H,9-11,16H2,1H3. The van der Waals surface area contributed by atoms with E-state index in [-0.39, 0.29) is 6.61 Å². The van der Waals surface area contributed by atoms with Gasteiger partial charge in [-0.05, 0) is 24.6 Å². The Bertz CT molecular complexity index is 528. The van der Waals surface area contributed by atoms with Crippen molar-refractivity contribution in [3.63, 3.8) is 0 Å². The predicted molar refractivity (Wildman–Crippen MR) is 78.0 cm³/mol. The summed E-state index contributed by atoms with van der Waals surface area (Å²) in [5.74, 6) is 0.838. The monoisotopic (exact) mass is 257 g/mol. The van der Waals surface area contributed by atoms with Gasteiger partial charge in [-0.1, -0.05) is 30.3 Å². The van der Waals surface area contributed by atoms with E-state index in [1.54, 1.807) is 0 Å². The summed E-state index contributed by atoms with van der Waals surface area (Å²) in [5.41, 5.74) is 8.47. The second-order valence-corrected chi connectivity index (χ2v) is 4.47. The SMILES string of the molecule is Cc1nc(N(CCO)Cc2ccccc2)ccc1N. The third-order valence-corrected chi connectivity index (χ3v) is 3.02. The molecule has 1 aromatic carbocycles. The predicted octanol–water partition coefficient (Wildman–Crippen LogP) is 1.97. The van der Waals surface area contributed by atoms with Gasteiger partial charge in [0, 0.05) is 13.1 Å². The van der Waals surface area contributed by atoms with E-state index in [1.165, 1.54) is 5.56 Å². The third-order valence-electron chi connectivity index (χ3n) is 3.02. The number of hydrogen-bond donors (Lipinski definition) is 2. The average molecular weight is 257 g/mol. The molecular formula is C15H19N3O. The van der Waals surface area contributed by atoms with Crippen LogP contribution in [0.1, 0.15) is 11.3 Å². The molecule has 19 heavy (non-hydrogen) atoms. The largest absolute Gasteiger partial charge is 0.397 e. The summed E-state index contributed by atoms with van der Waals surface area (Å²) in [5, 5.41) is 9.21. The number of benzene rings is 1. The zero-order chi connectivity index (χ0) is 13.7. The molecule has 0 bridgehead atoms. The molecule has 0 aliphatic carbocycles. The molecule has 100 valence electrons. The number of hydrogen-bond acceptors (Lipinski definition) is 4. The first-order chi connectivity index (χ1) is 9.20. The molecule has 0 unspecified atom stereocenters. The topological polar surface area (TPSA) is 62.4 Å². The van der Waals surface area contributed by atoms with Gasteiger partial charge in [-0.25, -0.2) is 4.98 Å². The Morgan fingerprint density at radius 1 is 1.16 bits per heavy atom. The zero-order valence-corrected chi connectivity index (χ0v) is 11.1. The van der Waals surface area contributed by atoms with E-state index < -0.39 is 0 Å². The maximum Gasteiger partial charge on any atom is 0.129 e. The van der Waals surface area contributed by atoms with Crippen LogP contribution in [0.5, 0.6) is 0 Å². The van der Waals surface area contributed by atoms with Crippen molar-refractivity contribution in [3.05, 3.63) is 53.7 Å². The van der Waals surface area contributed by atoms with Gasteiger partial charge in [-0.3, -0.25) is 0 Å². The normalized spacial score (nSPS) is 10.4. The van der Waals surface area contributed by atoms with Crippen LogP contribution in [0.25, 0.3) is 0 Å². The second-order valence-electron chi connectivity index (χ2n) is 4.47. The second kappa shape index (κ2) is 6.20. The summed E-state index contributed by atoms with van der Waals surface area (Å²) in [6.07, 6.45) is 0. The molecule has 0 saturated heterocycles. The van der Waals surface area contributed by atoms with E-state index in [0.29, 0.717) is 12.2 Å². The van der Waals surface area contributed by atoms with E-state index in [4.69, 9.17) is 5.73 Å². The molecule has 0 amide bonds. The molecule has 4 heteroatoms. The summed E-state index contributed by atoms with van der Waals surface area (Å²) < 4.78 is 0. The van der Waals surface area contributed by atoms with Crippen LogP contribution in [-0.2, 0) is 6.54 Å². The molecule has 1 heterocycles. The number of aryl methyl sites for hydroxylation is 1. The van der Waals surface area contributed by atoms with E-state index >= 15 is 0 Å². The fourth-order valence-corrected chi connectivity index (χ4v) is 1.93. The molecular weight excluding hydrogens is 238 g/mol. The van der Waals surface area contributed by atoms with Crippen molar-refractivity contribution in [2.24, 2.45) is 0 Å². The number of nitrogens with zero attached hydrogens (tertiary/aromatic N) is 2. The van der Waals surface area contributed by atoms with Crippen LogP contribution >= 0.6 is 0 Å². The van der Waals surface area contributed by atoms with Gasteiger partial charge in [0.05, 0.1) is 18.0 Å². The summed E-state index contributed by atoms with van der Waals surface area (Å²) in [4.78, 5) is 6.52. The van der Waals surface area contributed by atoms with E-state index in [1.807, 2.05) is 42.2 Å². The Morgan fingerprint density at radius 3 is 2.53 bits per heavy atom. The quantitative estimate of drug-likeness (QED) is 0.859. The van der Waals surface area contributed by atoms with Crippen LogP contribution in [0.3, 0.4) is 0 Å². The van der Waals surface area contributed by atoms with Gasteiger partial charge in [0.25, 0.3) is 0 Å². The lowest BCUT2D eigenvalue weighted by Gasteiger charge is -2.23. The van der Waals surface area contributed by atoms with Gasteiger partial charge in [0.1, 0.15) is 5.82 Å². The minimum absolute atomic E-state index is 0.0952. The molecule has 0 aliphatic rings. The number of aromatic nitrogens is 1. The van der Waals surface area contributed by atoms with Gasteiger partial charge >= 0.3 is 0 Å². The van der Waals surface area contributed by atoms with Gasteiger partial charge in [-0.15, -0.1) is 0 Å². The molecule has 0 spiro atoms. The number of anilines is 2. The highest BCUT2D eigenvalue weighted by molar-refractivity contribution is 5.50. The fourth-order valence-electron chi connectivity index (χ4n) is 1.93. The van der Waals surface area contributed by atoms with Gasteiger partial charge in [0.15, 0.2) is 0 Å². The zero-order valence-electron chi connectivity index (χ0n) is 11.1. The molecule has 4 nitrogen and oxygen atoms in total. The van der Waals surface area contributed by atoms with Crippen molar-refractivity contribution in [3.8, 4) is 0 Å². The van der Waals surface area contributed by atoms with Crippen LogP contribution in [0.15, 0.2) is 42.5 Å². The lowest BCUT2D eigenvalue weighted by molar-refractivity contribution is 0.301. The number of nitrogens with two attached hydrogens (primary N) is 1. The fraction of sp³-hybridized carbons (Fsp3) is 0.267. The highest BCUT2D eigenvalue weighted by Crippen LogP contribution is 2.18. The Hall–Kier alpha value is -2.07. The van der Waals surface area contributed by atoms with Crippen molar-refractivity contribution in [1.82, 2.24) is 4.98 Å². The third kappa shape index (κ3) is 3.45. The molecule has 2 rings (SSSR count). The van der Waals surface area contributed by atoms with E-state index in [0.717, 1.165) is 18.1 Å². The van der Waals surface area contributed by atoms with Crippen molar-refractivity contribution < 1.29 is 5.11 Å². The van der Waals surface area contributed by atoms with Gasteiger partial charge in [-0.2, -0.15) is 0 Å². The maximum atomic E-state index is 9.21. The first-order valence-electron chi connectivity index (χ1n) is 6.33. The molecule has 1 aromatic heterocycles. The number of rotatable bonds is 5. The Labute approximate surface area is 113 Å². The molecule has 3 N–H and O–H groups in total. The van der Waals surface area contributed by atoms with Crippen molar-refractivity contribution in [2.45, 2.75) is 13.5 Å². The highest BCUT2D eigenvalue weighted by Gasteiger charge is 2.09. The minimum atomic E-state index is 0.0952. The van der Waals surface area contributed by atoms with Crippen molar-refractivity contribution in [2.75, 3.05) is 23.8 Å². The van der Waals surface area contributed by atoms with Crippen LogP contribution in [-0.4, -0.2) is 23.2 Å². The molecule has 0 saturated carbocycles. The highest BCUT2D eigenvalue weighted by atomic mass is 16.3. The molecule has 0 fully saturated rings. The first kappa shape index (κ1) is 13.4. The molecule has 0 atom stereocenters. The van der Waals surface area contributed by atoms with Crippen molar-refractivity contribution >= 4 is 11.5 Å². The lowest BCUT2D eigenvalue weighted by atomic mass is 10.2. The summed E-state index contributed by atoms with van der Waals surface area (Å²) >= 11 is 0. The van der Waals surface area contributed by atoms with E-state index in [2.05, 4.69) is 17.1 Å². The number of aliphatic hydroxyl groups excluding tert-OH is 1. The average Bonchev–Trinajstić information content (AvgIpc) is 2.43. The van der Waals surface area contributed by atoms with Gasteiger partial charge in [0.2, 0.25) is 0 Å². The van der Waals surface area contributed by atoms with Crippen LogP contribution in [0.4, 0.5) is 11.5 Å².